The van der Waals surface area contributed by atoms with Gasteiger partial charge >= 0.3 is 18.2 Å². The lowest BCUT2D eigenvalue weighted by molar-refractivity contribution is -0.154. The SMILES string of the molecule is CC(C)(C)OC(=O)CNC(=O)[C@H](CCC(=O)NC(c1ccccc1)(c1ccccc1)c1ccccc1)NC(=O)[C@H](CCCCNC(=O)OCc1ccccc1)NC(=O)OC(C)(C)C. The topological polar surface area (TPSA) is 190 Å². The molecule has 0 heterocycles. The Bertz CT molecular complexity index is 1990. The third-order valence-corrected chi connectivity index (χ3v) is 9.48. The van der Waals surface area contributed by atoms with Crippen molar-refractivity contribution in [3.63, 3.8) is 0 Å². The molecule has 14 heteroatoms. The van der Waals surface area contributed by atoms with E-state index in [-0.39, 0.29) is 32.4 Å². The van der Waals surface area contributed by atoms with E-state index in [2.05, 4.69) is 26.6 Å². The quantitative estimate of drug-likeness (QED) is 0.0275. The van der Waals surface area contributed by atoms with Crippen LogP contribution < -0.4 is 26.6 Å². The molecule has 0 aromatic heterocycles. The highest BCUT2D eigenvalue weighted by atomic mass is 16.6. The molecule has 0 unspecified atom stereocenters. The van der Waals surface area contributed by atoms with E-state index in [9.17, 15) is 28.8 Å². The van der Waals surface area contributed by atoms with Gasteiger partial charge in [0.05, 0.1) is 0 Å². The highest BCUT2D eigenvalue weighted by molar-refractivity contribution is 5.93. The zero-order valence-corrected chi connectivity index (χ0v) is 37.0. The number of hydrogen-bond acceptors (Lipinski definition) is 9. The van der Waals surface area contributed by atoms with Crippen LogP contribution in [0.4, 0.5) is 9.59 Å². The highest BCUT2D eigenvalue weighted by Gasteiger charge is 2.38. The second kappa shape index (κ2) is 23.5. The van der Waals surface area contributed by atoms with Crippen LogP contribution in [-0.4, -0.2) is 72.3 Å². The lowest BCUT2D eigenvalue weighted by Crippen LogP contribution is -2.55. The first-order valence-corrected chi connectivity index (χ1v) is 21.2. The molecule has 336 valence electrons. The lowest BCUT2D eigenvalue weighted by Gasteiger charge is -2.37. The van der Waals surface area contributed by atoms with E-state index in [0.29, 0.717) is 12.8 Å². The van der Waals surface area contributed by atoms with Crippen molar-refractivity contribution in [3.05, 3.63) is 144 Å². The van der Waals surface area contributed by atoms with E-state index < -0.39 is 71.2 Å². The summed E-state index contributed by atoms with van der Waals surface area (Å²) in [7, 11) is 0. The van der Waals surface area contributed by atoms with Gasteiger partial charge in [0.25, 0.3) is 0 Å². The third-order valence-electron chi connectivity index (χ3n) is 9.48. The molecule has 0 spiro atoms. The van der Waals surface area contributed by atoms with Gasteiger partial charge in [0, 0.05) is 13.0 Å². The molecule has 4 aromatic carbocycles. The Kier molecular flexibility index (Phi) is 18.3. The van der Waals surface area contributed by atoms with E-state index >= 15 is 0 Å². The van der Waals surface area contributed by atoms with Crippen LogP contribution in [0.5, 0.6) is 0 Å². The molecule has 0 saturated heterocycles. The Hall–Kier alpha value is -6.70. The molecule has 0 aliphatic rings. The summed E-state index contributed by atoms with van der Waals surface area (Å²) in [5.41, 5.74) is 0.416. The van der Waals surface area contributed by atoms with Gasteiger partial charge in [-0.25, -0.2) is 9.59 Å². The molecule has 2 atom stereocenters. The maximum atomic E-state index is 14.2. The van der Waals surface area contributed by atoms with Gasteiger partial charge in [0.2, 0.25) is 17.7 Å². The van der Waals surface area contributed by atoms with E-state index in [0.717, 1.165) is 22.3 Å². The monoisotopic (exact) mass is 863 g/mol. The molecule has 0 radical (unpaired) electrons. The Morgan fingerprint density at radius 3 is 1.54 bits per heavy atom. The van der Waals surface area contributed by atoms with Crippen molar-refractivity contribution in [2.45, 2.75) is 109 Å². The third kappa shape index (κ3) is 16.6. The summed E-state index contributed by atoms with van der Waals surface area (Å²) in [4.78, 5) is 80.0. The number of unbranched alkanes of at least 4 members (excludes halogenated alkanes) is 1. The molecule has 0 saturated carbocycles. The molecule has 0 fully saturated rings. The Balaban J connectivity index is 1.53. The Morgan fingerprint density at radius 2 is 1.03 bits per heavy atom. The second-order valence-electron chi connectivity index (χ2n) is 17.0. The normalized spacial score (nSPS) is 12.4. The van der Waals surface area contributed by atoms with Crippen LogP contribution in [0.1, 0.15) is 95.9 Å². The first kappa shape index (κ1) is 49.0. The van der Waals surface area contributed by atoms with E-state index in [1.165, 1.54) is 0 Å². The van der Waals surface area contributed by atoms with Crippen molar-refractivity contribution in [2.75, 3.05) is 13.1 Å². The smallest absolute Gasteiger partial charge is 0.408 e. The van der Waals surface area contributed by atoms with Crippen molar-refractivity contribution >= 4 is 35.9 Å². The summed E-state index contributed by atoms with van der Waals surface area (Å²) in [5, 5.41) is 13.8. The van der Waals surface area contributed by atoms with Gasteiger partial charge < -0.3 is 40.8 Å². The van der Waals surface area contributed by atoms with Crippen LogP contribution in [-0.2, 0) is 45.5 Å². The predicted molar refractivity (Wildman–Crippen MR) is 239 cm³/mol. The fourth-order valence-corrected chi connectivity index (χ4v) is 6.69. The average molecular weight is 864 g/mol. The summed E-state index contributed by atoms with van der Waals surface area (Å²) in [5.74, 6) is -2.58. The minimum atomic E-state index is -1.32. The molecule has 5 N–H and O–H groups in total. The molecule has 14 nitrogen and oxygen atoms in total. The lowest BCUT2D eigenvalue weighted by atomic mass is 9.77. The van der Waals surface area contributed by atoms with Crippen molar-refractivity contribution in [1.29, 1.82) is 0 Å². The number of nitrogens with one attached hydrogen (secondary N) is 5. The highest BCUT2D eigenvalue weighted by Crippen LogP contribution is 2.37. The van der Waals surface area contributed by atoms with Crippen molar-refractivity contribution < 1.29 is 43.0 Å². The molecule has 0 bridgehead atoms. The average Bonchev–Trinajstić information content (AvgIpc) is 3.24. The summed E-state index contributed by atoms with van der Waals surface area (Å²) in [6.45, 7) is 9.98. The largest absolute Gasteiger partial charge is 0.459 e. The number of carbonyl (C=O) groups is 6. The number of hydrogen-bond donors (Lipinski definition) is 5. The molecule has 0 aliphatic carbocycles. The summed E-state index contributed by atoms with van der Waals surface area (Å²) >= 11 is 0. The summed E-state index contributed by atoms with van der Waals surface area (Å²) in [6.07, 6.45) is -0.966. The molecule has 0 aliphatic heterocycles. The number of alkyl carbamates (subject to hydrolysis) is 2. The predicted octanol–water partition coefficient (Wildman–Crippen LogP) is 6.81. The van der Waals surface area contributed by atoms with Crippen molar-refractivity contribution in [3.8, 4) is 0 Å². The molecular weight excluding hydrogens is 803 g/mol. The minimum Gasteiger partial charge on any atom is -0.459 e. The van der Waals surface area contributed by atoms with Crippen molar-refractivity contribution in [2.24, 2.45) is 0 Å². The number of carbonyl (C=O) groups excluding carboxylic acids is 6. The zero-order valence-electron chi connectivity index (χ0n) is 37.0. The maximum Gasteiger partial charge on any atom is 0.408 e. The van der Waals surface area contributed by atoms with Gasteiger partial charge in [-0.3, -0.25) is 19.2 Å². The molecule has 4 aromatic rings. The van der Waals surface area contributed by atoms with Crippen LogP contribution >= 0.6 is 0 Å². The summed E-state index contributed by atoms with van der Waals surface area (Å²) in [6, 6.07) is 35.3. The van der Waals surface area contributed by atoms with Gasteiger partial charge in [-0.1, -0.05) is 121 Å². The zero-order chi connectivity index (χ0) is 45.9. The van der Waals surface area contributed by atoms with Gasteiger partial charge in [0.15, 0.2) is 0 Å². The first-order valence-electron chi connectivity index (χ1n) is 21.2. The number of ether oxygens (including phenoxy) is 3. The van der Waals surface area contributed by atoms with Crippen molar-refractivity contribution in [1.82, 2.24) is 26.6 Å². The molecule has 63 heavy (non-hydrogen) atoms. The van der Waals surface area contributed by atoms with E-state index in [1.54, 1.807) is 41.5 Å². The summed E-state index contributed by atoms with van der Waals surface area (Å²) < 4.78 is 16.1. The second-order valence-corrected chi connectivity index (χ2v) is 17.0. The maximum absolute atomic E-state index is 14.2. The van der Waals surface area contributed by atoms with Gasteiger partial charge in [-0.15, -0.1) is 0 Å². The Labute approximate surface area is 370 Å². The minimum absolute atomic E-state index is 0.103. The van der Waals surface area contributed by atoms with Gasteiger partial charge in [-0.2, -0.15) is 0 Å². The fraction of sp³-hybridized carbons (Fsp3) is 0.388. The van der Waals surface area contributed by atoms with Gasteiger partial charge in [-0.05, 0) is 89.5 Å². The number of rotatable bonds is 20. The molecule has 5 amide bonds. The van der Waals surface area contributed by atoms with Crippen LogP contribution in [0.15, 0.2) is 121 Å². The fourth-order valence-electron chi connectivity index (χ4n) is 6.69. The van der Waals surface area contributed by atoms with Crippen LogP contribution in [0.3, 0.4) is 0 Å². The number of esters is 1. The number of amides is 5. The van der Waals surface area contributed by atoms with Gasteiger partial charge in [0.1, 0.15) is 42.0 Å². The Morgan fingerprint density at radius 1 is 0.540 bits per heavy atom. The first-order chi connectivity index (χ1) is 29.9. The van der Waals surface area contributed by atoms with E-state index in [4.69, 9.17) is 14.2 Å². The van der Waals surface area contributed by atoms with E-state index in [1.807, 2.05) is 121 Å². The standard InChI is InChI=1S/C49H61N5O9/c1-47(2,3)62-42(56)33-51-43(57)40(30-31-41(55)54-49(36-23-13-8-14-24-36,37-25-15-9-16-26-37)38-27-17-10-18-28-38)52-44(58)39(53-46(60)63-48(4,5)6)29-19-20-32-50-45(59)61-34-35-21-11-7-12-22-35/h7-18,21-28,39-40H,19-20,29-34H2,1-6H3,(H,50,59)(H,51,57)(H,52,58)(H,53,60)(H,54,55)/t39-,40-/m0/s1. The van der Waals surface area contributed by atoms with Crippen LogP contribution in [0, 0.1) is 0 Å². The molecule has 4 rings (SSSR count). The van der Waals surface area contributed by atoms with Crippen LogP contribution in [0.25, 0.3) is 0 Å². The molecular formula is C49H61N5O9. The van der Waals surface area contributed by atoms with Crippen LogP contribution in [0.2, 0.25) is 0 Å². The number of benzene rings is 4.